The molecule has 6 nitrogen and oxygen atoms in total. The predicted molar refractivity (Wildman–Crippen MR) is 74.0 cm³/mol. The molecule has 0 fully saturated rings. The summed E-state index contributed by atoms with van der Waals surface area (Å²) in [5.74, 6) is -0.497. The van der Waals surface area contributed by atoms with Gasteiger partial charge in [0.05, 0.1) is 17.4 Å². The fourth-order valence-corrected chi connectivity index (χ4v) is 2.12. The number of hydrogen-bond donors (Lipinski definition) is 4. The normalized spacial score (nSPS) is 17.0. The summed E-state index contributed by atoms with van der Waals surface area (Å²) in [6.07, 6.45) is 0. The monoisotopic (exact) mass is 275 g/mol. The van der Waals surface area contributed by atoms with Crippen LogP contribution in [0.2, 0.25) is 0 Å². The second kappa shape index (κ2) is 4.93. The highest BCUT2D eigenvalue weighted by Crippen LogP contribution is 2.33. The number of fused-ring (bicyclic) bond motifs is 1. The third-order valence-corrected chi connectivity index (χ3v) is 3.22. The van der Waals surface area contributed by atoms with E-state index in [0.29, 0.717) is 30.2 Å². The van der Waals surface area contributed by atoms with Crippen LogP contribution in [-0.2, 0) is 0 Å². The summed E-state index contributed by atoms with van der Waals surface area (Å²) in [6.45, 7) is 1.15. The molecule has 0 radical (unpaired) electrons. The molecule has 5 N–H and O–H groups in total. The molecule has 3 rings (SSSR count). The Kier molecular flexibility index (Phi) is 3.11. The maximum atomic E-state index is 13.4. The van der Waals surface area contributed by atoms with Crippen LogP contribution < -0.4 is 16.4 Å². The van der Waals surface area contributed by atoms with Gasteiger partial charge in [0.1, 0.15) is 0 Å². The van der Waals surface area contributed by atoms with E-state index in [0.717, 1.165) is 5.69 Å². The van der Waals surface area contributed by atoms with Gasteiger partial charge in [-0.2, -0.15) is 0 Å². The number of phenolic OH excluding ortho intramolecular Hbond substituents is 1. The van der Waals surface area contributed by atoms with Crippen molar-refractivity contribution in [1.29, 1.82) is 0 Å². The van der Waals surface area contributed by atoms with Crippen LogP contribution in [0.1, 0.15) is 0 Å². The van der Waals surface area contributed by atoms with Gasteiger partial charge in [0.2, 0.25) is 0 Å². The summed E-state index contributed by atoms with van der Waals surface area (Å²) in [4.78, 5) is 0. The number of rotatable bonds is 2. The molecular formula is C13H14FN5O. The van der Waals surface area contributed by atoms with E-state index in [4.69, 9.17) is 5.73 Å². The highest BCUT2D eigenvalue weighted by Gasteiger charge is 2.19. The Labute approximate surface area is 114 Å². The molecule has 20 heavy (non-hydrogen) atoms. The Morgan fingerprint density at radius 2 is 2.25 bits per heavy atom. The first-order valence-electron chi connectivity index (χ1n) is 6.25. The van der Waals surface area contributed by atoms with Crippen molar-refractivity contribution in [3.05, 3.63) is 30.1 Å². The maximum absolute atomic E-state index is 13.4. The molecule has 2 aromatic rings. The summed E-state index contributed by atoms with van der Waals surface area (Å²) in [5.41, 5.74) is 7.06. The number of benzene rings is 1. The largest absolute Gasteiger partial charge is 0.504 e. The van der Waals surface area contributed by atoms with Gasteiger partial charge in [-0.1, -0.05) is 6.07 Å². The molecule has 2 heterocycles. The van der Waals surface area contributed by atoms with E-state index in [1.54, 1.807) is 12.1 Å². The van der Waals surface area contributed by atoms with Gasteiger partial charge in [0, 0.05) is 18.7 Å². The maximum Gasteiger partial charge on any atom is 0.172 e. The summed E-state index contributed by atoms with van der Waals surface area (Å²) in [6, 6.07) is 6.10. The number of nitrogens with one attached hydrogen (secondary N) is 2. The van der Waals surface area contributed by atoms with Crippen LogP contribution >= 0.6 is 0 Å². The van der Waals surface area contributed by atoms with Crippen molar-refractivity contribution >= 4 is 11.5 Å². The minimum Gasteiger partial charge on any atom is -0.504 e. The second-order valence-electron chi connectivity index (χ2n) is 4.59. The van der Waals surface area contributed by atoms with Crippen LogP contribution in [0.15, 0.2) is 24.3 Å². The quantitative estimate of drug-likeness (QED) is 0.656. The van der Waals surface area contributed by atoms with E-state index in [-0.39, 0.29) is 6.04 Å². The topological polar surface area (TPSA) is 96.1 Å². The minimum atomic E-state index is -0.687. The smallest absolute Gasteiger partial charge is 0.172 e. The van der Waals surface area contributed by atoms with Gasteiger partial charge >= 0.3 is 0 Å². The highest BCUT2D eigenvalue weighted by molar-refractivity contribution is 5.75. The Morgan fingerprint density at radius 3 is 3.05 bits per heavy atom. The number of hydrogen-bond acceptors (Lipinski definition) is 6. The van der Waals surface area contributed by atoms with Gasteiger partial charge in [-0.3, -0.25) is 0 Å². The fraction of sp³-hybridized carbons (Fsp3) is 0.231. The lowest BCUT2D eigenvalue weighted by Gasteiger charge is -2.26. The van der Waals surface area contributed by atoms with Gasteiger partial charge in [-0.05, 0) is 18.2 Å². The van der Waals surface area contributed by atoms with Crippen molar-refractivity contribution in [2.75, 3.05) is 23.7 Å². The van der Waals surface area contributed by atoms with Crippen LogP contribution in [0, 0.1) is 5.82 Å². The number of aromatic hydroxyl groups is 1. The van der Waals surface area contributed by atoms with Gasteiger partial charge in [-0.15, -0.1) is 10.2 Å². The summed E-state index contributed by atoms with van der Waals surface area (Å²) in [5, 5.41) is 24.1. The molecule has 0 spiro atoms. The average Bonchev–Trinajstić information content (AvgIpc) is 2.49. The molecule has 1 unspecified atom stereocenters. The van der Waals surface area contributed by atoms with E-state index in [9.17, 15) is 9.50 Å². The first-order chi connectivity index (χ1) is 9.69. The van der Waals surface area contributed by atoms with Gasteiger partial charge in [-0.25, -0.2) is 4.39 Å². The van der Waals surface area contributed by atoms with Gasteiger partial charge < -0.3 is 21.5 Å². The molecule has 1 aliphatic heterocycles. The number of phenols is 1. The molecule has 0 amide bonds. The summed E-state index contributed by atoms with van der Waals surface area (Å²) >= 11 is 0. The van der Waals surface area contributed by atoms with Gasteiger partial charge in [0.25, 0.3) is 0 Å². The SMILES string of the molecule is NCC1CNc2nnc(-c3cccc(F)c3O)cc2N1. The Hall–Kier alpha value is -2.41. The number of nitrogens with zero attached hydrogens (tertiary/aromatic N) is 2. The zero-order valence-electron chi connectivity index (χ0n) is 10.6. The van der Waals surface area contributed by atoms with Crippen LogP contribution in [0.4, 0.5) is 15.9 Å². The van der Waals surface area contributed by atoms with Crippen molar-refractivity contribution < 1.29 is 9.50 Å². The number of anilines is 2. The Balaban J connectivity index is 2.02. The van der Waals surface area contributed by atoms with Crippen molar-refractivity contribution in [1.82, 2.24) is 10.2 Å². The van der Waals surface area contributed by atoms with Crippen molar-refractivity contribution in [3.8, 4) is 17.0 Å². The first-order valence-corrected chi connectivity index (χ1v) is 6.25. The zero-order chi connectivity index (χ0) is 14.1. The van der Waals surface area contributed by atoms with Gasteiger partial charge in [0.15, 0.2) is 17.4 Å². The zero-order valence-corrected chi connectivity index (χ0v) is 10.6. The van der Waals surface area contributed by atoms with Crippen molar-refractivity contribution in [2.24, 2.45) is 5.73 Å². The summed E-state index contributed by atoms with van der Waals surface area (Å²) in [7, 11) is 0. The van der Waals surface area contributed by atoms with E-state index in [2.05, 4.69) is 20.8 Å². The average molecular weight is 275 g/mol. The number of nitrogens with two attached hydrogens (primary N) is 1. The fourth-order valence-electron chi connectivity index (χ4n) is 2.12. The lowest BCUT2D eigenvalue weighted by atomic mass is 10.1. The van der Waals surface area contributed by atoms with Crippen LogP contribution in [0.25, 0.3) is 11.3 Å². The van der Waals surface area contributed by atoms with Crippen molar-refractivity contribution in [3.63, 3.8) is 0 Å². The van der Waals surface area contributed by atoms with E-state index >= 15 is 0 Å². The van der Waals surface area contributed by atoms with Crippen LogP contribution in [-0.4, -0.2) is 34.4 Å². The lowest BCUT2D eigenvalue weighted by molar-refractivity contribution is 0.434. The van der Waals surface area contributed by atoms with E-state index < -0.39 is 11.6 Å². The van der Waals surface area contributed by atoms with Crippen LogP contribution in [0.5, 0.6) is 5.75 Å². The molecule has 1 atom stereocenters. The minimum absolute atomic E-state index is 0.0978. The summed E-state index contributed by atoms with van der Waals surface area (Å²) < 4.78 is 13.4. The second-order valence-corrected chi connectivity index (χ2v) is 4.59. The molecular weight excluding hydrogens is 261 g/mol. The molecule has 1 aromatic heterocycles. The molecule has 7 heteroatoms. The Morgan fingerprint density at radius 1 is 1.40 bits per heavy atom. The van der Waals surface area contributed by atoms with Crippen LogP contribution in [0.3, 0.4) is 0 Å². The highest BCUT2D eigenvalue weighted by atomic mass is 19.1. The third kappa shape index (κ3) is 2.12. The first kappa shape index (κ1) is 12.6. The molecule has 1 aliphatic rings. The lowest BCUT2D eigenvalue weighted by Crippen LogP contribution is -2.39. The third-order valence-electron chi connectivity index (χ3n) is 3.22. The molecule has 0 saturated carbocycles. The molecule has 0 aliphatic carbocycles. The van der Waals surface area contributed by atoms with E-state index in [1.165, 1.54) is 12.1 Å². The number of halogens is 1. The van der Waals surface area contributed by atoms with E-state index in [1.807, 2.05) is 0 Å². The molecule has 104 valence electrons. The number of aromatic nitrogens is 2. The molecule has 0 bridgehead atoms. The Bertz CT molecular complexity index is 649. The van der Waals surface area contributed by atoms with Crippen molar-refractivity contribution in [2.45, 2.75) is 6.04 Å². The standard InChI is InChI=1S/C13H14FN5O/c14-9-3-1-2-8(12(9)20)10-4-11-13(19-18-10)16-6-7(5-15)17-11/h1-4,7,17,20H,5-6,15H2,(H,16,19). The molecule has 1 aromatic carbocycles. The predicted octanol–water partition coefficient (Wildman–Crippen LogP) is 1.15. The molecule has 0 saturated heterocycles. The number of para-hydroxylation sites is 1.